The summed E-state index contributed by atoms with van der Waals surface area (Å²) in [6.07, 6.45) is 3.94. The van der Waals surface area contributed by atoms with Crippen LogP contribution in [-0.4, -0.2) is 31.8 Å². The fraction of sp³-hybridized carbons (Fsp3) is 0.700. The molecule has 1 aromatic heterocycles. The smallest absolute Gasteiger partial charge is 0.0620 e. The lowest BCUT2D eigenvalue weighted by molar-refractivity contribution is 0.526. The molecule has 16 heavy (non-hydrogen) atoms. The van der Waals surface area contributed by atoms with Crippen molar-refractivity contribution in [3.8, 4) is 0 Å². The molecule has 1 aliphatic rings. The van der Waals surface area contributed by atoms with Gasteiger partial charge in [-0.25, -0.2) is 0 Å². The average Bonchev–Trinajstić information content (AvgIpc) is 2.69. The Morgan fingerprint density at radius 3 is 2.88 bits per heavy atom. The highest BCUT2D eigenvalue weighted by Gasteiger charge is 2.31. The Balaban J connectivity index is 2.14. The summed E-state index contributed by atoms with van der Waals surface area (Å²) < 4.78 is 1.82. The molecule has 3 N–H and O–H groups in total. The summed E-state index contributed by atoms with van der Waals surface area (Å²) in [5.74, 6) is 8.15. The molecule has 0 aromatic carbocycles. The summed E-state index contributed by atoms with van der Waals surface area (Å²) in [5, 5.41) is 5.36. The molecule has 3 unspecified atom stereocenters. The maximum Gasteiger partial charge on any atom is 0.0620 e. The summed E-state index contributed by atoms with van der Waals surface area (Å²) in [7, 11) is 1.93. The number of aryl methyl sites for hydroxylation is 1. The molecule has 0 amide bonds. The molecule has 0 bridgehead atoms. The molecule has 6 heteroatoms. The van der Waals surface area contributed by atoms with Crippen LogP contribution in [0.4, 0.5) is 0 Å². The Labute approximate surface area is 105 Å². The highest BCUT2D eigenvalue weighted by Crippen LogP contribution is 2.38. The van der Waals surface area contributed by atoms with Crippen LogP contribution in [-0.2, 0) is 7.05 Å². The van der Waals surface area contributed by atoms with Crippen LogP contribution in [0.3, 0.4) is 0 Å². The number of thioether (sulfide) groups is 2. The van der Waals surface area contributed by atoms with Crippen molar-refractivity contribution in [1.82, 2.24) is 15.2 Å². The molecule has 1 saturated heterocycles. The SMILES string of the molecule is CC1SCCSC1C(NN)c1cnn(C)c1. The van der Waals surface area contributed by atoms with E-state index in [0.717, 1.165) is 0 Å². The van der Waals surface area contributed by atoms with E-state index in [1.165, 1.54) is 17.1 Å². The largest absolute Gasteiger partial charge is 0.275 e. The van der Waals surface area contributed by atoms with E-state index in [4.69, 9.17) is 5.84 Å². The molecule has 0 spiro atoms. The van der Waals surface area contributed by atoms with E-state index in [-0.39, 0.29) is 6.04 Å². The Morgan fingerprint density at radius 1 is 1.56 bits per heavy atom. The molecule has 0 radical (unpaired) electrons. The van der Waals surface area contributed by atoms with Crippen molar-refractivity contribution < 1.29 is 0 Å². The third-order valence-electron chi connectivity index (χ3n) is 2.83. The minimum absolute atomic E-state index is 0.196. The lowest BCUT2D eigenvalue weighted by Crippen LogP contribution is -2.40. The highest BCUT2D eigenvalue weighted by atomic mass is 32.2. The molecule has 3 atom stereocenters. The maximum absolute atomic E-state index is 5.70. The third kappa shape index (κ3) is 2.56. The number of nitrogens with two attached hydrogens (primary N) is 1. The normalized spacial score (nSPS) is 27.9. The van der Waals surface area contributed by atoms with Gasteiger partial charge in [-0.3, -0.25) is 16.0 Å². The summed E-state index contributed by atoms with van der Waals surface area (Å²) in [6.45, 7) is 2.28. The molecular weight excluding hydrogens is 240 g/mol. The minimum Gasteiger partial charge on any atom is -0.275 e. The van der Waals surface area contributed by atoms with Gasteiger partial charge in [0.2, 0.25) is 0 Å². The Hall–Kier alpha value is -0.170. The van der Waals surface area contributed by atoms with Crippen LogP contribution < -0.4 is 11.3 Å². The second-order valence-electron chi connectivity index (χ2n) is 4.00. The van der Waals surface area contributed by atoms with E-state index in [2.05, 4.69) is 17.4 Å². The number of nitrogens with zero attached hydrogens (tertiary/aromatic N) is 2. The first kappa shape index (κ1) is 12.3. The number of aromatic nitrogens is 2. The topological polar surface area (TPSA) is 55.9 Å². The zero-order valence-electron chi connectivity index (χ0n) is 9.59. The van der Waals surface area contributed by atoms with Gasteiger partial charge in [-0.15, -0.1) is 0 Å². The van der Waals surface area contributed by atoms with Gasteiger partial charge in [-0.1, -0.05) is 6.92 Å². The maximum atomic E-state index is 5.70. The summed E-state index contributed by atoms with van der Waals surface area (Å²) in [5.41, 5.74) is 4.12. The lowest BCUT2D eigenvalue weighted by Gasteiger charge is -2.33. The summed E-state index contributed by atoms with van der Waals surface area (Å²) >= 11 is 4.04. The van der Waals surface area contributed by atoms with Gasteiger partial charge < -0.3 is 0 Å². The number of hydrogen-bond acceptors (Lipinski definition) is 5. The third-order valence-corrected chi connectivity index (χ3v) is 6.02. The van der Waals surface area contributed by atoms with Gasteiger partial charge in [-0.05, 0) is 0 Å². The van der Waals surface area contributed by atoms with Gasteiger partial charge in [0.1, 0.15) is 0 Å². The number of hydrazine groups is 1. The molecule has 2 rings (SSSR count). The molecule has 1 fully saturated rings. The van der Waals surface area contributed by atoms with Gasteiger partial charge in [0.25, 0.3) is 0 Å². The Bertz CT molecular complexity index is 341. The molecular formula is C10H18N4S2. The van der Waals surface area contributed by atoms with Crippen LogP contribution >= 0.6 is 23.5 Å². The van der Waals surface area contributed by atoms with Crippen LogP contribution in [0.5, 0.6) is 0 Å². The van der Waals surface area contributed by atoms with Crippen molar-refractivity contribution in [1.29, 1.82) is 0 Å². The number of rotatable bonds is 3. The lowest BCUT2D eigenvalue weighted by atomic mass is 10.1. The van der Waals surface area contributed by atoms with Gasteiger partial charge in [0.05, 0.1) is 12.2 Å². The van der Waals surface area contributed by atoms with Crippen LogP contribution in [0, 0.1) is 0 Å². The van der Waals surface area contributed by atoms with Crippen molar-refractivity contribution in [2.75, 3.05) is 11.5 Å². The summed E-state index contributed by atoms with van der Waals surface area (Å²) in [6, 6.07) is 0.196. The first-order valence-corrected chi connectivity index (χ1v) is 7.50. The monoisotopic (exact) mass is 258 g/mol. The van der Waals surface area contributed by atoms with E-state index in [0.29, 0.717) is 10.5 Å². The first-order valence-electron chi connectivity index (χ1n) is 5.40. The molecule has 4 nitrogen and oxygen atoms in total. The van der Waals surface area contributed by atoms with Crippen molar-refractivity contribution in [3.05, 3.63) is 18.0 Å². The van der Waals surface area contributed by atoms with E-state index >= 15 is 0 Å². The molecule has 2 heterocycles. The second-order valence-corrected chi connectivity index (χ2v) is 6.77. The van der Waals surface area contributed by atoms with Crippen molar-refractivity contribution in [3.63, 3.8) is 0 Å². The van der Waals surface area contributed by atoms with Crippen LogP contribution in [0.2, 0.25) is 0 Å². The van der Waals surface area contributed by atoms with Crippen LogP contribution in [0.25, 0.3) is 0 Å². The zero-order chi connectivity index (χ0) is 11.5. The predicted octanol–water partition coefficient (Wildman–Crippen LogP) is 1.16. The predicted molar refractivity (Wildman–Crippen MR) is 71.4 cm³/mol. The molecule has 0 saturated carbocycles. The van der Waals surface area contributed by atoms with E-state index in [1.54, 1.807) is 0 Å². The quantitative estimate of drug-likeness (QED) is 0.629. The first-order chi connectivity index (χ1) is 7.72. The van der Waals surface area contributed by atoms with Gasteiger partial charge in [0, 0.05) is 40.8 Å². The van der Waals surface area contributed by atoms with Crippen LogP contribution in [0.1, 0.15) is 18.5 Å². The van der Waals surface area contributed by atoms with Gasteiger partial charge >= 0.3 is 0 Å². The fourth-order valence-electron chi connectivity index (χ4n) is 2.00. The minimum atomic E-state index is 0.196. The number of nitrogens with one attached hydrogen (secondary N) is 1. The standard InChI is InChI=1S/C10H18N4S2/c1-7-10(16-4-3-15-7)9(13-11)8-5-12-14(2)6-8/h5-7,9-10,13H,3-4,11H2,1-2H3. The van der Waals surface area contributed by atoms with Crippen LogP contribution in [0.15, 0.2) is 12.4 Å². The average molecular weight is 258 g/mol. The number of hydrogen-bond donors (Lipinski definition) is 2. The molecule has 1 aliphatic heterocycles. The summed E-state index contributed by atoms with van der Waals surface area (Å²) in [4.78, 5) is 0. The Morgan fingerprint density at radius 2 is 2.31 bits per heavy atom. The van der Waals surface area contributed by atoms with Crippen molar-refractivity contribution in [2.45, 2.75) is 23.5 Å². The van der Waals surface area contributed by atoms with Crippen molar-refractivity contribution >= 4 is 23.5 Å². The highest BCUT2D eigenvalue weighted by molar-refractivity contribution is 8.07. The molecule has 90 valence electrons. The fourth-order valence-corrected chi connectivity index (χ4v) is 4.93. The van der Waals surface area contributed by atoms with E-state index < -0.39 is 0 Å². The molecule has 1 aromatic rings. The van der Waals surface area contributed by atoms with Gasteiger partial charge in [-0.2, -0.15) is 28.6 Å². The van der Waals surface area contributed by atoms with E-state index in [9.17, 15) is 0 Å². The zero-order valence-corrected chi connectivity index (χ0v) is 11.2. The molecule has 0 aliphatic carbocycles. The second kappa shape index (κ2) is 5.44. The van der Waals surface area contributed by atoms with Gasteiger partial charge in [0.15, 0.2) is 0 Å². The van der Waals surface area contributed by atoms with E-state index in [1.807, 2.05) is 47.6 Å². The van der Waals surface area contributed by atoms with Crippen molar-refractivity contribution in [2.24, 2.45) is 12.9 Å². The Kier molecular flexibility index (Phi) is 4.18.